The largest absolute Gasteiger partial charge is 0.360 e. The van der Waals surface area contributed by atoms with Gasteiger partial charge in [-0.25, -0.2) is 21.6 Å². The Labute approximate surface area is 250 Å². The number of aliphatic imine (C=N–C) groups is 1. The predicted octanol–water partition coefficient (Wildman–Crippen LogP) is 5.64. The van der Waals surface area contributed by atoms with E-state index in [2.05, 4.69) is 5.32 Å². The molecular formula is C30H36ClF3N4O3S. The van der Waals surface area contributed by atoms with Crippen molar-refractivity contribution in [2.24, 2.45) is 10.4 Å². The molecule has 42 heavy (non-hydrogen) atoms. The number of benzene rings is 2. The minimum absolute atomic E-state index is 0.0432. The molecule has 7 nitrogen and oxygen atoms in total. The maximum Gasteiger partial charge on any atom is 0.252 e. The van der Waals surface area contributed by atoms with Crippen LogP contribution in [0.15, 0.2) is 58.4 Å². The topological polar surface area (TPSA) is 82.1 Å². The molecule has 0 unspecified atom stereocenters. The van der Waals surface area contributed by atoms with E-state index in [-0.39, 0.29) is 41.8 Å². The van der Waals surface area contributed by atoms with Crippen LogP contribution in [0.1, 0.15) is 57.9 Å². The lowest BCUT2D eigenvalue weighted by Crippen LogP contribution is -2.59. The van der Waals surface area contributed by atoms with Crippen molar-refractivity contribution in [2.75, 3.05) is 13.6 Å². The molecule has 12 heteroatoms. The van der Waals surface area contributed by atoms with Gasteiger partial charge in [-0.2, -0.15) is 4.31 Å². The van der Waals surface area contributed by atoms with E-state index in [9.17, 15) is 26.4 Å². The zero-order chi connectivity index (χ0) is 30.5. The van der Waals surface area contributed by atoms with E-state index in [1.807, 2.05) is 13.8 Å². The lowest BCUT2D eigenvalue weighted by atomic mass is 9.65. The van der Waals surface area contributed by atoms with Crippen molar-refractivity contribution in [3.63, 3.8) is 0 Å². The van der Waals surface area contributed by atoms with E-state index in [0.717, 1.165) is 19.3 Å². The second-order valence-electron chi connectivity index (χ2n) is 12.3. The molecule has 5 rings (SSSR count). The number of carbonyl (C=O) groups is 1. The maximum atomic E-state index is 14.2. The number of nitrogens with one attached hydrogen (secondary N) is 1. The Morgan fingerprint density at radius 1 is 1.12 bits per heavy atom. The van der Waals surface area contributed by atoms with Crippen LogP contribution in [0.4, 0.5) is 13.2 Å². The van der Waals surface area contributed by atoms with Gasteiger partial charge in [-0.05, 0) is 62.9 Å². The van der Waals surface area contributed by atoms with E-state index < -0.39 is 44.8 Å². The molecule has 0 aromatic heterocycles. The van der Waals surface area contributed by atoms with Crippen molar-refractivity contribution in [3.8, 4) is 0 Å². The van der Waals surface area contributed by atoms with Gasteiger partial charge >= 0.3 is 0 Å². The second kappa shape index (κ2) is 11.1. The fourth-order valence-corrected chi connectivity index (χ4v) is 7.60. The molecule has 0 radical (unpaired) electrons. The van der Waals surface area contributed by atoms with Crippen LogP contribution in [0, 0.1) is 11.2 Å². The highest BCUT2D eigenvalue weighted by Gasteiger charge is 2.53. The summed E-state index contributed by atoms with van der Waals surface area (Å²) in [4.78, 5) is 19.9. The summed E-state index contributed by atoms with van der Waals surface area (Å²) >= 11 is 5.85. The van der Waals surface area contributed by atoms with E-state index in [1.54, 1.807) is 31.3 Å². The molecule has 1 aliphatic heterocycles. The molecule has 0 bridgehead atoms. The van der Waals surface area contributed by atoms with Gasteiger partial charge in [-0.3, -0.25) is 9.79 Å². The molecule has 2 aromatic rings. The van der Waals surface area contributed by atoms with Crippen LogP contribution >= 0.6 is 11.6 Å². The number of sulfonamides is 1. The van der Waals surface area contributed by atoms with E-state index >= 15 is 0 Å². The molecule has 1 amide bonds. The van der Waals surface area contributed by atoms with Gasteiger partial charge in [0.2, 0.25) is 15.9 Å². The molecule has 1 atom stereocenters. The molecule has 1 heterocycles. The highest BCUT2D eigenvalue weighted by molar-refractivity contribution is 7.89. The fraction of sp³-hybridized carbons (Fsp3) is 0.533. The van der Waals surface area contributed by atoms with Crippen molar-refractivity contribution in [3.05, 3.63) is 64.9 Å². The van der Waals surface area contributed by atoms with E-state index in [1.165, 1.54) is 33.5 Å². The van der Waals surface area contributed by atoms with Gasteiger partial charge in [0.25, 0.3) is 5.92 Å². The minimum Gasteiger partial charge on any atom is -0.360 e. The highest BCUT2D eigenvalue weighted by Crippen LogP contribution is 2.48. The molecule has 1 N–H and O–H groups in total. The van der Waals surface area contributed by atoms with Crippen LogP contribution < -0.4 is 5.32 Å². The Kier molecular flexibility index (Phi) is 8.17. The lowest BCUT2D eigenvalue weighted by molar-refractivity contribution is -0.152. The molecule has 2 saturated carbocycles. The van der Waals surface area contributed by atoms with Gasteiger partial charge in [0, 0.05) is 44.4 Å². The van der Waals surface area contributed by atoms with E-state index in [0.29, 0.717) is 17.8 Å². The molecule has 2 aromatic carbocycles. The molecule has 228 valence electrons. The van der Waals surface area contributed by atoms with Gasteiger partial charge in [0.05, 0.1) is 15.5 Å². The average Bonchev–Trinajstić information content (AvgIpc) is 3.22. The number of alkyl halides is 2. The first-order valence-electron chi connectivity index (χ1n) is 14.1. The van der Waals surface area contributed by atoms with Gasteiger partial charge in [0.1, 0.15) is 17.7 Å². The molecule has 0 spiro atoms. The number of rotatable bonds is 10. The van der Waals surface area contributed by atoms with E-state index in [4.69, 9.17) is 16.6 Å². The SMILES string of the molecule is CN(C(=O)[C@@H]1NC(C2(CCN(Cc3ccc(Cl)c(F)c3)S(=O)(=O)c3ccccc3)CCC2)=NC1(C)C)C1CC(F)(F)C1. The summed E-state index contributed by atoms with van der Waals surface area (Å²) in [6.45, 7) is 3.77. The summed E-state index contributed by atoms with van der Waals surface area (Å²) in [6, 6.07) is 11.1. The third kappa shape index (κ3) is 5.92. The smallest absolute Gasteiger partial charge is 0.252 e. The quantitative estimate of drug-likeness (QED) is 0.371. The average molecular weight is 625 g/mol. The molecular weight excluding hydrogens is 589 g/mol. The summed E-state index contributed by atoms with van der Waals surface area (Å²) in [7, 11) is -2.37. The number of amidine groups is 1. The lowest BCUT2D eigenvalue weighted by Gasteiger charge is -2.44. The van der Waals surface area contributed by atoms with Crippen LogP contribution in [0.25, 0.3) is 0 Å². The number of nitrogens with zero attached hydrogens (tertiary/aromatic N) is 3. The zero-order valence-corrected chi connectivity index (χ0v) is 25.5. The maximum absolute atomic E-state index is 14.2. The number of hydrogen-bond donors (Lipinski definition) is 1. The van der Waals surface area contributed by atoms with Crippen molar-refractivity contribution in [1.29, 1.82) is 0 Å². The minimum atomic E-state index is -3.93. The Morgan fingerprint density at radius 2 is 1.79 bits per heavy atom. The Morgan fingerprint density at radius 3 is 2.36 bits per heavy atom. The first kappa shape index (κ1) is 30.8. The van der Waals surface area contributed by atoms with Gasteiger partial charge in [0.15, 0.2) is 0 Å². The molecule has 2 fully saturated rings. The first-order chi connectivity index (χ1) is 19.6. The van der Waals surface area contributed by atoms with Crippen LogP contribution in [-0.4, -0.2) is 66.5 Å². The van der Waals surface area contributed by atoms with Crippen LogP contribution in [0.5, 0.6) is 0 Å². The highest BCUT2D eigenvalue weighted by atomic mass is 35.5. The van der Waals surface area contributed by atoms with Gasteiger partial charge in [-0.15, -0.1) is 0 Å². The monoisotopic (exact) mass is 624 g/mol. The Bertz CT molecular complexity index is 1470. The summed E-state index contributed by atoms with van der Waals surface area (Å²) in [6.07, 6.45) is 2.18. The third-order valence-electron chi connectivity index (χ3n) is 8.97. The fourth-order valence-electron chi connectivity index (χ4n) is 6.04. The van der Waals surface area contributed by atoms with Gasteiger partial charge in [-0.1, -0.05) is 42.3 Å². The van der Waals surface area contributed by atoms with Crippen LogP contribution in [-0.2, 0) is 21.4 Å². The van der Waals surface area contributed by atoms with Gasteiger partial charge < -0.3 is 10.2 Å². The Hall–Kier alpha value is -2.63. The second-order valence-corrected chi connectivity index (χ2v) is 14.7. The first-order valence-corrected chi connectivity index (χ1v) is 16.0. The van der Waals surface area contributed by atoms with Crippen molar-refractivity contribution >= 4 is 33.4 Å². The van der Waals surface area contributed by atoms with Crippen molar-refractivity contribution in [2.45, 2.75) is 87.4 Å². The number of carbonyl (C=O) groups excluding carboxylic acids is 1. The number of halogens is 4. The van der Waals surface area contributed by atoms with Crippen LogP contribution in [0.3, 0.4) is 0 Å². The summed E-state index contributed by atoms with van der Waals surface area (Å²) in [5.41, 5.74) is -0.817. The normalized spacial score (nSPS) is 22.6. The Balaban J connectivity index is 1.35. The summed E-state index contributed by atoms with van der Waals surface area (Å²) < 4.78 is 70.1. The van der Waals surface area contributed by atoms with Crippen molar-refractivity contribution in [1.82, 2.24) is 14.5 Å². The summed E-state index contributed by atoms with van der Waals surface area (Å²) in [5, 5.41) is 3.28. The van der Waals surface area contributed by atoms with Crippen molar-refractivity contribution < 1.29 is 26.4 Å². The zero-order valence-electron chi connectivity index (χ0n) is 23.9. The standard InChI is InChI=1S/C30H36ClF3N4O3S/c1-28(2)25(26(39)37(3)21-17-30(33,34)18-21)35-27(36-28)29(12-7-13-29)14-15-38(19-20-10-11-23(31)24(32)16-20)42(40,41)22-8-5-4-6-9-22/h4-6,8-11,16,21,25H,7,12-15,17-19H2,1-3H3,(H,35,36)/t25-/m0/s1. The van der Waals surface area contributed by atoms with Crippen LogP contribution in [0.2, 0.25) is 5.02 Å². The molecule has 0 saturated heterocycles. The number of hydrogen-bond acceptors (Lipinski definition) is 5. The number of amides is 1. The summed E-state index contributed by atoms with van der Waals surface area (Å²) in [5.74, 6) is -3.00. The predicted molar refractivity (Wildman–Crippen MR) is 156 cm³/mol. The number of likely N-dealkylation sites (N-methyl/N-ethyl adjacent to an activating group) is 1. The third-order valence-corrected chi connectivity index (χ3v) is 11.1. The molecule has 2 aliphatic carbocycles. The molecule has 3 aliphatic rings.